The van der Waals surface area contributed by atoms with Crippen LogP contribution in [0.15, 0.2) is 54.7 Å². The number of rotatable bonds is 34. The van der Waals surface area contributed by atoms with Crippen LogP contribution in [0, 0.1) is 19.3 Å². The largest absolute Gasteiger partial charge is 0.494 e. The number of nitrogens with one attached hydrogen (secondary N) is 4. The van der Waals surface area contributed by atoms with Crippen LogP contribution in [-0.4, -0.2) is 284 Å². The van der Waals surface area contributed by atoms with E-state index in [1.54, 1.807) is 28.0 Å². The molecule has 6 rings (SSSR count). The number of aliphatic hydroxyl groups is 1. The maximum Gasteiger partial charge on any atom is 0.317 e. The number of nitrogens with zero attached hydrogens (tertiary/aromatic N) is 8. The van der Waals surface area contributed by atoms with Gasteiger partial charge in [-0.25, -0.2) is 8.78 Å². The molecule has 0 saturated carbocycles. The minimum absolute atomic E-state index is 0.0179. The van der Waals surface area contributed by atoms with Crippen molar-refractivity contribution in [2.45, 2.75) is 76.0 Å². The second-order valence-corrected chi connectivity index (χ2v) is 23.8. The van der Waals surface area contributed by atoms with Crippen molar-refractivity contribution < 1.29 is 76.4 Å². The first-order valence-corrected chi connectivity index (χ1v) is 31.8. The summed E-state index contributed by atoms with van der Waals surface area (Å²) in [5.74, 6) is -3.80. The third-order valence-electron chi connectivity index (χ3n) is 15.8. The normalized spacial score (nSPS) is 17.9. The van der Waals surface area contributed by atoms with Crippen molar-refractivity contribution in [1.29, 1.82) is 0 Å². The first-order chi connectivity index (χ1) is 43.8. The molecular weight excluding hydrogens is 1210 g/mol. The highest BCUT2D eigenvalue weighted by Crippen LogP contribution is 2.32. The van der Waals surface area contributed by atoms with Gasteiger partial charge in [-0.1, -0.05) is 35.7 Å². The Labute approximate surface area is 533 Å². The van der Waals surface area contributed by atoms with Crippen LogP contribution in [0.25, 0.3) is 10.9 Å². The highest BCUT2D eigenvalue weighted by atomic mass is 32.2. The van der Waals surface area contributed by atoms with E-state index in [4.69, 9.17) is 20.6 Å². The van der Waals surface area contributed by atoms with Crippen molar-refractivity contribution in [3.05, 3.63) is 71.4 Å². The number of aryl methyl sites for hydroxylation is 2. The standard InChI is InChI=1S/C62H86F2N12O14S/c1-3-48-36-62(63,64)41-76(48)57(82)37-68-59(85)50-16-18-65-52-15-14-49(35-51(50)52)90-33-6-20-70-29-31-75(32-30-70)61(87)54(79)40-91-34-19-67-60(86)53(8-5-17-66-55(80)9-4-7-47-12-10-46(2)11-13-47)69-56(81)38-71-21-22-72(39-58(83)84)24-26-74(43-89-45-78)28-27-73(25-23-71)42-88-44-77/h1,10-16,18,35,44-45,48,53-54,79H,4-9,17,19-34,36-43H2,2H3,(H,66,80)(H,67,86)(H,68,85)(H,69,81)(H,83,84)/t48-,53?,54+/m0/s1. The van der Waals surface area contributed by atoms with Crippen molar-refractivity contribution >= 4 is 77.0 Å². The van der Waals surface area contributed by atoms with E-state index in [1.165, 1.54) is 24.0 Å². The van der Waals surface area contributed by atoms with Crippen molar-refractivity contribution in [2.75, 3.05) is 156 Å². The van der Waals surface area contributed by atoms with Gasteiger partial charge in [-0.3, -0.25) is 72.6 Å². The maximum absolute atomic E-state index is 14.0. The van der Waals surface area contributed by atoms with Crippen molar-refractivity contribution in [1.82, 2.24) is 60.6 Å². The lowest BCUT2D eigenvalue weighted by Gasteiger charge is -2.35. The molecule has 1 unspecified atom stereocenters. The van der Waals surface area contributed by atoms with E-state index in [2.05, 4.69) is 37.1 Å². The molecule has 3 aliphatic rings. The molecule has 91 heavy (non-hydrogen) atoms. The number of fused-ring (bicyclic) bond motifs is 1. The van der Waals surface area contributed by atoms with E-state index in [0.29, 0.717) is 140 Å². The molecule has 3 atom stereocenters. The molecule has 3 aliphatic heterocycles. The van der Waals surface area contributed by atoms with Gasteiger partial charge in [-0.05, 0) is 68.9 Å². The fourth-order valence-corrected chi connectivity index (χ4v) is 11.4. The van der Waals surface area contributed by atoms with Crippen LogP contribution in [0.4, 0.5) is 8.78 Å². The highest BCUT2D eigenvalue weighted by Gasteiger charge is 2.46. The van der Waals surface area contributed by atoms with Gasteiger partial charge in [0.2, 0.25) is 23.6 Å². The van der Waals surface area contributed by atoms with Gasteiger partial charge >= 0.3 is 5.97 Å². The molecule has 2 aromatic carbocycles. The van der Waals surface area contributed by atoms with Gasteiger partial charge in [0.25, 0.3) is 30.7 Å². The number of halogens is 2. The number of alkyl halides is 2. The van der Waals surface area contributed by atoms with Crippen molar-refractivity contribution in [3.8, 4) is 18.1 Å². The summed E-state index contributed by atoms with van der Waals surface area (Å²) in [6.07, 6.45) is 7.81. The van der Waals surface area contributed by atoms with Gasteiger partial charge in [0, 0.05) is 134 Å². The SMILES string of the molecule is C#C[C@H]1CC(F)(F)CN1C(=O)CNC(=O)c1ccnc2ccc(OCCCN3CCN(C(=O)[C@H](O)CSCCNC(=O)C(CCCNC(=O)CCCc4ccc(C)cc4)NC(=O)CN4CCN(COC=O)CCN(COC=O)CCN(CC(=O)O)CC4)CC3)cc12. The summed E-state index contributed by atoms with van der Waals surface area (Å²) in [5.41, 5.74) is 3.01. The third-order valence-corrected chi connectivity index (χ3v) is 16.8. The summed E-state index contributed by atoms with van der Waals surface area (Å²) in [4.78, 5) is 130. The summed E-state index contributed by atoms with van der Waals surface area (Å²) in [6, 6.07) is 12.7. The minimum Gasteiger partial charge on any atom is -0.494 e. The number of piperazine rings is 1. The van der Waals surface area contributed by atoms with Crippen LogP contribution in [-0.2, 0) is 54.3 Å². The highest BCUT2D eigenvalue weighted by molar-refractivity contribution is 7.99. The fraction of sp³-hybridized carbons (Fsp3) is 0.581. The van der Waals surface area contributed by atoms with Crippen LogP contribution in [0.1, 0.15) is 60.0 Å². The van der Waals surface area contributed by atoms with E-state index < -0.39 is 79.1 Å². The van der Waals surface area contributed by atoms with Crippen LogP contribution in [0.5, 0.6) is 5.75 Å². The third kappa shape index (κ3) is 25.6. The van der Waals surface area contributed by atoms with E-state index in [9.17, 15) is 62.1 Å². The molecule has 3 aromatic rings. The summed E-state index contributed by atoms with van der Waals surface area (Å²) in [6.45, 7) is 6.86. The van der Waals surface area contributed by atoms with Crippen molar-refractivity contribution in [3.63, 3.8) is 0 Å². The lowest BCUT2D eigenvalue weighted by atomic mass is 10.1. The zero-order chi connectivity index (χ0) is 65.5. The molecule has 498 valence electrons. The summed E-state index contributed by atoms with van der Waals surface area (Å²) >= 11 is 1.28. The monoisotopic (exact) mass is 1290 g/mol. The lowest BCUT2D eigenvalue weighted by Crippen LogP contribution is -2.52. The first-order valence-electron chi connectivity index (χ1n) is 30.6. The molecule has 0 aliphatic carbocycles. The number of carboxylic acids is 1. The second-order valence-electron chi connectivity index (χ2n) is 22.7. The molecule has 0 radical (unpaired) electrons. The number of hydrogen-bond donors (Lipinski definition) is 6. The van der Waals surface area contributed by atoms with Crippen LogP contribution in [0.3, 0.4) is 0 Å². The number of likely N-dealkylation sites (tertiary alicyclic amines) is 1. The average molecular weight is 1290 g/mol. The number of aromatic nitrogens is 1. The minimum atomic E-state index is -3.11. The summed E-state index contributed by atoms with van der Waals surface area (Å²) < 4.78 is 44.0. The number of ether oxygens (including phenoxy) is 3. The number of terminal acetylenes is 1. The Hall–Kier alpha value is -7.59. The van der Waals surface area contributed by atoms with Gasteiger partial charge in [-0.2, -0.15) is 11.8 Å². The molecule has 1 aromatic heterocycles. The predicted octanol–water partition coefficient (Wildman–Crippen LogP) is 0.237. The molecule has 3 saturated heterocycles. The molecule has 29 heteroatoms. The zero-order valence-corrected chi connectivity index (χ0v) is 52.4. The van der Waals surface area contributed by atoms with Crippen LogP contribution < -0.4 is 26.0 Å². The Morgan fingerprint density at radius 2 is 1.44 bits per heavy atom. The number of pyridine rings is 1. The van der Waals surface area contributed by atoms with Crippen LogP contribution >= 0.6 is 11.8 Å². The van der Waals surface area contributed by atoms with Gasteiger partial charge in [-0.15, -0.1) is 6.42 Å². The average Bonchev–Trinajstić information content (AvgIpc) is 2.29. The Morgan fingerprint density at radius 3 is 2.09 bits per heavy atom. The van der Waals surface area contributed by atoms with E-state index in [0.717, 1.165) is 22.4 Å². The van der Waals surface area contributed by atoms with Gasteiger partial charge in [0.15, 0.2) is 0 Å². The molecule has 3 fully saturated rings. The lowest BCUT2D eigenvalue weighted by molar-refractivity contribution is -0.141. The number of aliphatic hydroxyl groups excluding tert-OH is 1. The Morgan fingerprint density at radius 1 is 0.791 bits per heavy atom. The van der Waals surface area contributed by atoms with Gasteiger partial charge in [0.05, 0.1) is 49.9 Å². The quantitative estimate of drug-likeness (QED) is 0.0265. The van der Waals surface area contributed by atoms with E-state index in [-0.39, 0.29) is 76.4 Å². The summed E-state index contributed by atoms with van der Waals surface area (Å²) in [5, 5.41) is 32.3. The molecule has 0 bridgehead atoms. The fourth-order valence-electron chi connectivity index (χ4n) is 10.7. The number of amides is 6. The van der Waals surface area contributed by atoms with Gasteiger partial charge < -0.3 is 55.5 Å². The summed E-state index contributed by atoms with van der Waals surface area (Å²) in [7, 11) is 0. The second kappa shape index (κ2) is 38.3. The molecule has 0 spiro atoms. The van der Waals surface area contributed by atoms with Gasteiger partial charge in [0.1, 0.15) is 31.4 Å². The van der Waals surface area contributed by atoms with E-state index >= 15 is 0 Å². The zero-order valence-electron chi connectivity index (χ0n) is 51.6. The Kier molecular flexibility index (Phi) is 30.5. The predicted molar refractivity (Wildman–Crippen MR) is 333 cm³/mol. The molecule has 6 amide bonds. The number of thioether (sulfide) groups is 1. The number of benzene rings is 2. The number of carboxylic acid groups (broad SMARTS) is 1. The van der Waals surface area contributed by atoms with Crippen LogP contribution in [0.2, 0.25) is 0 Å². The topological polar surface area (TPSA) is 305 Å². The van der Waals surface area contributed by atoms with E-state index in [1.807, 2.05) is 45.9 Å². The molecular formula is C62H86F2N12O14S. The maximum atomic E-state index is 14.0. The number of carbonyl (C=O) groups excluding carboxylic acids is 8. The molecule has 4 heterocycles. The molecule has 6 N–H and O–H groups in total. The number of carbonyl (C=O) groups is 9. The molecule has 26 nitrogen and oxygen atoms in total. The Balaban J connectivity index is 0.934. The number of aliphatic carboxylic acids is 1. The first kappa shape index (κ1) is 72.5. The van der Waals surface area contributed by atoms with Crippen molar-refractivity contribution in [2.24, 2.45) is 0 Å². The number of hydrogen-bond acceptors (Lipinski definition) is 20. The smallest absolute Gasteiger partial charge is 0.317 e. The Bertz CT molecular complexity index is 2920.